The van der Waals surface area contributed by atoms with E-state index in [9.17, 15) is 9.90 Å². The molecule has 28 heavy (non-hydrogen) atoms. The predicted octanol–water partition coefficient (Wildman–Crippen LogP) is 3.50. The molecule has 1 aliphatic heterocycles. The molecule has 0 radical (unpaired) electrons. The molecule has 2 aromatic rings. The maximum atomic E-state index is 12.9. The molecule has 4 nitrogen and oxygen atoms in total. The van der Waals surface area contributed by atoms with Crippen LogP contribution in [0.1, 0.15) is 49.3 Å². The van der Waals surface area contributed by atoms with Crippen LogP contribution in [0.4, 0.5) is 0 Å². The van der Waals surface area contributed by atoms with Crippen LogP contribution in [-0.2, 0) is 17.8 Å². The van der Waals surface area contributed by atoms with E-state index < -0.39 is 5.60 Å². The van der Waals surface area contributed by atoms with Crippen molar-refractivity contribution in [2.45, 2.75) is 51.2 Å². The Balaban J connectivity index is 1.53. The van der Waals surface area contributed by atoms with Crippen molar-refractivity contribution < 1.29 is 9.90 Å². The van der Waals surface area contributed by atoms with Crippen LogP contribution in [0.15, 0.2) is 54.6 Å². The van der Waals surface area contributed by atoms with E-state index in [1.807, 2.05) is 18.2 Å². The Morgan fingerprint density at radius 3 is 2.46 bits per heavy atom. The van der Waals surface area contributed by atoms with Gasteiger partial charge >= 0.3 is 0 Å². The number of nitrogens with one attached hydrogen (secondary N) is 1. The highest BCUT2D eigenvalue weighted by atomic mass is 16.3. The molecule has 1 saturated heterocycles. The van der Waals surface area contributed by atoms with Gasteiger partial charge in [0.1, 0.15) is 0 Å². The topological polar surface area (TPSA) is 52.6 Å². The second kappa shape index (κ2) is 9.35. The third-order valence-corrected chi connectivity index (χ3v) is 5.57. The van der Waals surface area contributed by atoms with E-state index in [1.54, 1.807) is 4.90 Å². The first-order chi connectivity index (χ1) is 13.5. The van der Waals surface area contributed by atoms with Crippen molar-refractivity contribution >= 4 is 5.91 Å². The lowest BCUT2D eigenvalue weighted by Crippen LogP contribution is -2.57. The van der Waals surface area contributed by atoms with Crippen LogP contribution < -0.4 is 5.32 Å². The molecule has 0 aliphatic carbocycles. The van der Waals surface area contributed by atoms with Crippen LogP contribution >= 0.6 is 0 Å². The van der Waals surface area contributed by atoms with E-state index >= 15 is 0 Å². The SMILES string of the molecule is CC(C)c1ccc(CN2CCC[C@](O)(CNCCc3ccccc3)C2=O)cc1. The number of rotatable bonds is 8. The van der Waals surface area contributed by atoms with E-state index in [4.69, 9.17) is 0 Å². The summed E-state index contributed by atoms with van der Waals surface area (Å²) in [5.41, 5.74) is 2.36. The second-order valence-electron chi connectivity index (χ2n) is 8.17. The lowest BCUT2D eigenvalue weighted by molar-refractivity contribution is -0.157. The molecule has 0 aromatic heterocycles. The molecular weight excluding hydrogens is 348 g/mol. The van der Waals surface area contributed by atoms with Gasteiger partial charge in [-0.25, -0.2) is 0 Å². The van der Waals surface area contributed by atoms with Gasteiger partial charge in [0.25, 0.3) is 5.91 Å². The minimum Gasteiger partial charge on any atom is -0.379 e. The molecule has 1 heterocycles. The monoisotopic (exact) mass is 380 g/mol. The van der Waals surface area contributed by atoms with Crippen molar-refractivity contribution in [2.75, 3.05) is 19.6 Å². The normalized spacial score (nSPS) is 20.0. The van der Waals surface area contributed by atoms with Gasteiger partial charge in [-0.05, 0) is 48.4 Å². The Morgan fingerprint density at radius 2 is 1.79 bits per heavy atom. The van der Waals surface area contributed by atoms with Gasteiger partial charge in [0.05, 0.1) is 0 Å². The fourth-order valence-electron chi connectivity index (χ4n) is 3.78. The summed E-state index contributed by atoms with van der Waals surface area (Å²) < 4.78 is 0. The summed E-state index contributed by atoms with van der Waals surface area (Å²) in [6, 6.07) is 18.7. The maximum Gasteiger partial charge on any atom is 0.256 e. The summed E-state index contributed by atoms with van der Waals surface area (Å²) in [5, 5.41) is 14.2. The zero-order valence-corrected chi connectivity index (χ0v) is 17.0. The Bertz CT molecular complexity index is 758. The smallest absolute Gasteiger partial charge is 0.256 e. The fourth-order valence-corrected chi connectivity index (χ4v) is 3.78. The molecule has 1 aliphatic rings. The number of hydrogen-bond acceptors (Lipinski definition) is 3. The first-order valence-electron chi connectivity index (χ1n) is 10.3. The summed E-state index contributed by atoms with van der Waals surface area (Å²) >= 11 is 0. The summed E-state index contributed by atoms with van der Waals surface area (Å²) in [6.45, 7) is 6.67. The van der Waals surface area contributed by atoms with Crippen LogP contribution in [-0.4, -0.2) is 41.1 Å². The average Bonchev–Trinajstić information content (AvgIpc) is 2.70. The molecule has 4 heteroatoms. The number of carbonyl (C=O) groups excluding carboxylic acids is 1. The number of piperidine rings is 1. The molecule has 0 saturated carbocycles. The van der Waals surface area contributed by atoms with Gasteiger partial charge in [-0.15, -0.1) is 0 Å². The van der Waals surface area contributed by atoms with Gasteiger partial charge in [0.15, 0.2) is 5.60 Å². The van der Waals surface area contributed by atoms with Gasteiger partial charge < -0.3 is 15.3 Å². The fraction of sp³-hybridized carbons (Fsp3) is 0.458. The molecule has 2 aromatic carbocycles. The Kier molecular flexibility index (Phi) is 6.87. The van der Waals surface area contributed by atoms with Crippen LogP contribution in [0.3, 0.4) is 0 Å². The molecule has 150 valence electrons. The van der Waals surface area contributed by atoms with E-state index in [1.165, 1.54) is 11.1 Å². The van der Waals surface area contributed by atoms with Crippen LogP contribution in [0.5, 0.6) is 0 Å². The summed E-state index contributed by atoms with van der Waals surface area (Å²) in [4.78, 5) is 14.7. The van der Waals surface area contributed by atoms with Crippen LogP contribution in [0, 0.1) is 0 Å². The van der Waals surface area contributed by atoms with Gasteiger partial charge in [-0.2, -0.15) is 0 Å². The lowest BCUT2D eigenvalue weighted by atomic mass is 9.91. The van der Waals surface area contributed by atoms with Gasteiger partial charge in [0, 0.05) is 19.6 Å². The number of benzene rings is 2. The molecule has 3 rings (SSSR count). The van der Waals surface area contributed by atoms with Crippen LogP contribution in [0.2, 0.25) is 0 Å². The standard InChI is InChI=1S/C24H32N2O2/c1-19(2)22-11-9-21(10-12-22)17-26-16-6-14-24(28,23(26)27)18-25-15-13-20-7-4-3-5-8-20/h3-5,7-12,19,25,28H,6,13-18H2,1-2H3/t24-/m0/s1. The molecule has 0 bridgehead atoms. The van der Waals surface area contributed by atoms with Gasteiger partial charge in [-0.1, -0.05) is 68.4 Å². The minimum absolute atomic E-state index is 0.154. The van der Waals surface area contributed by atoms with Crippen molar-refractivity contribution in [1.82, 2.24) is 10.2 Å². The largest absolute Gasteiger partial charge is 0.379 e. The number of carbonyl (C=O) groups is 1. The number of nitrogens with zero attached hydrogens (tertiary/aromatic N) is 1. The number of amides is 1. The molecule has 0 unspecified atom stereocenters. The highest BCUT2D eigenvalue weighted by molar-refractivity contribution is 5.86. The highest BCUT2D eigenvalue weighted by Gasteiger charge is 2.41. The Hall–Kier alpha value is -2.17. The predicted molar refractivity (Wildman–Crippen MR) is 113 cm³/mol. The quantitative estimate of drug-likeness (QED) is 0.689. The zero-order chi connectivity index (χ0) is 20.0. The number of aliphatic hydroxyl groups is 1. The van der Waals surface area contributed by atoms with E-state index in [-0.39, 0.29) is 5.91 Å². The first kappa shape index (κ1) is 20.6. The third-order valence-electron chi connectivity index (χ3n) is 5.57. The van der Waals surface area contributed by atoms with Crippen molar-refractivity contribution in [3.63, 3.8) is 0 Å². The summed E-state index contributed by atoms with van der Waals surface area (Å²) in [7, 11) is 0. The molecule has 1 atom stereocenters. The first-order valence-corrected chi connectivity index (χ1v) is 10.3. The molecule has 1 amide bonds. The molecular formula is C24H32N2O2. The van der Waals surface area contributed by atoms with Crippen LogP contribution in [0.25, 0.3) is 0 Å². The highest BCUT2D eigenvalue weighted by Crippen LogP contribution is 2.24. The Labute approximate surface area is 168 Å². The van der Waals surface area contributed by atoms with Crippen molar-refractivity contribution in [1.29, 1.82) is 0 Å². The van der Waals surface area contributed by atoms with Gasteiger partial charge in [-0.3, -0.25) is 4.79 Å². The van der Waals surface area contributed by atoms with Crippen molar-refractivity contribution in [3.8, 4) is 0 Å². The average molecular weight is 381 g/mol. The molecule has 0 spiro atoms. The van der Waals surface area contributed by atoms with E-state index in [0.29, 0.717) is 32.0 Å². The van der Waals surface area contributed by atoms with Crippen molar-refractivity contribution in [3.05, 3.63) is 71.3 Å². The summed E-state index contributed by atoms with van der Waals surface area (Å²) in [5.74, 6) is 0.344. The number of hydrogen-bond donors (Lipinski definition) is 2. The number of likely N-dealkylation sites (tertiary alicyclic amines) is 1. The Morgan fingerprint density at radius 1 is 1.07 bits per heavy atom. The molecule has 1 fully saturated rings. The summed E-state index contributed by atoms with van der Waals surface area (Å²) in [6.07, 6.45) is 2.23. The lowest BCUT2D eigenvalue weighted by Gasteiger charge is -2.38. The minimum atomic E-state index is -1.30. The maximum absolute atomic E-state index is 12.9. The zero-order valence-electron chi connectivity index (χ0n) is 17.0. The van der Waals surface area contributed by atoms with Crippen molar-refractivity contribution in [2.24, 2.45) is 0 Å². The van der Waals surface area contributed by atoms with E-state index in [0.717, 1.165) is 24.9 Å². The molecule has 2 N–H and O–H groups in total. The third kappa shape index (κ3) is 5.21. The van der Waals surface area contributed by atoms with Gasteiger partial charge in [0.2, 0.25) is 0 Å². The second-order valence-corrected chi connectivity index (χ2v) is 8.17. The van der Waals surface area contributed by atoms with E-state index in [2.05, 4.69) is 55.6 Å².